The van der Waals surface area contributed by atoms with Gasteiger partial charge in [-0.2, -0.15) is 0 Å². The van der Waals surface area contributed by atoms with Gasteiger partial charge in [0.1, 0.15) is 0 Å². The van der Waals surface area contributed by atoms with Crippen LogP contribution >= 0.6 is 22.6 Å². The third-order valence-corrected chi connectivity index (χ3v) is 3.65. The highest BCUT2D eigenvalue weighted by atomic mass is 127. The number of aryl methyl sites for hydroxylation is 1. The normalized spacial score (nSPS) is 25.8. The summed E-state index contributed by atoms with van der Waals surface area (Å²) < 4.78 is 11.9. The third-order valence-electron chi connectivity index (χ3n) is 2.90. The number of hydrogen-bond donors (Lipinski definition) is 0. The van der Waals surface area contributed by atoms with Gasteiger partial charge >= 0.3 is 0 Å². The van der Waals surface area contributed by atoms with Crippen molar-refractivity contribution >= 4 is 22.6 Å². The van der Waals surface area contributed by atoms with Gasteiger partial charge in [-0.25, -0.2) is 0 Å². The van der Waals surface area contributed by atoms with Gasteiger partial charge in [0, 0.05) is 3.42 Å². The highest BCUT2D eigenvalue weighted by Crippen LogP contribution is 2.42. The van der Waals surface area contributed by atoms with Gasteiger partial charge in [-0.15, -0.1) is 0 Å². The first-order valence-corrected chi connectivity index (χ1v) is 6.70. The number of benzene rings is 1. The van der Waals surface area contributed by atoms with E-state index in [1.165, 1.54) is 5.56 Å². The second-order valence-corrected chi connectivity index (χ2v) is 7.18. The lowest BCUT2D eigenvalue weighted by atomic mass is 10.0. The highest BCUT2D eigenvalue weighted by molar-refractivity contribution is 14.1. The molecule has 0 bridgehead atoms. The molecule has 0 fully saturated rings. The Labute approximate surface area is 114 Å². The average molecular weight is 340 g/mol. The summed E-state index contributed by atoms with van der Waals surface area (Å²) >= 11 is 2.43. The molecule has 88 valence electrons. The van der Waals surface area contributed by atoms with Crippen LogP contribution in [0.15, 0.2) is 41.9 Å². The molecule has 0 saturated heterocycles. The molecule has 0 spiro atoms. The molecular formula is C14H13IO2. The second-order valence-electron chi connectivity index (χ2n) is 4.71. The number of alkyl halides is 1. The predicted molar refractivity (Wildman–Crippen MR) is 75.6 cm³/mol. The molecule has 1 aromatic carbocycles. The molecule has 0 N–H and O–H groups in total. The van der Waals surface area contributed by atoms with Crippen molar-refractivity contribution in [3.8, 4) is 11.5 Å². The summed E-state index contributed by atoms with van der Waals surface area (Å²) in [7, 11) is 0. The average Bonchev–Trinajstić information content (AvgIpc) is 2.25. The van der Waals surface area contributed by atoms with Gasteiger partial charge in [-0.3, -0.25) is 0 Å². The van der Waals surface area contributed by atoms with Crippen LogP contribution in [0.1, 0.15) is 18.9 Å². The number of halogens is 1. The summed E-state index contributed by atoms with van der Waals surface area (Å²) in [5.74, 6) is 3.29. The Morgan fingerprint density at radius 1 is 1.18 bits per heavy atom. The minimum absolute atomic E-state index is 0.112. The van der Waals surface area contributed by atoms with Crippen LogP contribution in [-0.2, 0) is 0 Å². The first kappa shape index (κ1) is 11.1. The molecule has 0 aromatic heterocycles. The number of hydrogen-bond acceptors (Lipinski definition) is 2. The zero-order valence-electron chi connectivity index (χ0n) is 9.79. The number of ether oxygens (including phenoxy) is 2. The lowest BCUT2D eigenvalue weighted by molar-refractivity contribution is 0.286. The Hall–Kier alpha value is -0.970. The zero-order chi connectivity index (χ0) is 12.0. The summed E-state index contributed by atoms with van der Waals surface area (Å²) in [5, 5.41) is 0. The molecule has 1 aliphatic heterocycles. The Morgan fingerprint density at radius 3 is 2.76 bits per heavy atom. The van der Waals surface area contributed by atoms with Gasteiger partial charge in [0.15, 0.2) is 23.0 Å². The summed E-state index contributed by atoms with van der Waals surface area (Å²) in [6.45, 7) is 4.23. The van der Waals surface area contributed by atoms with Crippen LogP contribution in [0.2, 0.25) is 0 Å². The Morgan fingerprint density at radius 2 is 1.94 bits per heavy atom. The molecule has 2 nitrogen and oxygen atoms in total. The molecule has 0 saturated carbocycles. The van der Waals surface area contributed by atoms with Crippen molar-refractivity contribution in [3.05, 3.63) is 47.4 Å². The summed E-state index contributed by atoms with van der Waals surface area (Å²) in [4.78, 5) is 0. The fourth-order valence-corrected chi connectivity index (χ4v) is 2.49. The monoisotopic (exact) mass is 340 g/mol. The standard InChI is InChI=1S/C14H13IO2/c1-9-3-4-10-12(7-9)17-13-8-14(2,15)6-5-11(13)16-10/h3-5,7-8H,6H2,1-2H3/t14-/m0/s1. The quantitative estimate of drug-likeness (QED) is 0.522. The summed E-state index contributed by atoms with van der Waals surface area (Å²) in [6.07, 6.45) is 5.20. The number of rotatable bonds is 0. The van der Waals surface area contributed by atoms with Crippen LogP contribution in [0, 0.1) is 6.92 Å². The fraction of sp³-hybridized carbons (Fsp3) is 0.286. The van der Waals surface area contributed by atoms with Gasteiger partial charge < -0.3 is 9.47 Å². The number of allylic oxidation sites excluding steroid dienone is 2. The smallest absolute Gasteiger partial charge is 0.170 e. The maximum Gasteiger partial charge on any atom is 0.170 e. The largest absolute Gasteiger partial charge is 0.450 e. The van der Waals surface area contributed by atoms with E-state index in [1.54, 1.807) is 0 Å². The van der Waals surface area contributed by atoms with E-state index in [0.29, 0.717) is 0 Å². The molecular weight excluding hydrogens is 327 g/mol. The van der Waals surface area contributed by atoms with Crippen molar-refractivity contribution in [2.75, 3.05) is 0 Å². The molecule has 0 amide bonds. The van der Waals surface area contributed by atoms with E-state index < -0.39 is 0 Å². The predicted octanol–water partition coefficient (Wildman–Crippen LogP) is 4.13. The first-order chi connectivity index (χ1) is 8.03. The van der Waals surface area contributed by atoms with Crippen molar-refractivity contribution in [1.82, 2.24) is 0 Å². The zero-order valence-corrected chi connectivity index (χ0v) is 11.9. The van der Waals surface area contributed by atoms with Gasteiger partial charge in [-0.1, -0.05) is 28.7 Å². The molecule has 2 aliphatic rings. The third kappa shape index (κ3) is 2.08. The minimum atomic E-state index is 0.112. The van der Waals surface area contributed by atoms with Crippen molar-refractivity contribution < 1.29 is 9.47 Å². The lowest BCUT2D eigenvalue weighted by Gasteiger charge is -2.29. The summed E-state index contributed by atoms with van der Waals surface area (Å²) in [5.41, 5.74) is 1.17. The van der Waals surface area contributed by atoms with Gasteiger partial charge in [-0.05, 0) is 50.1 Å². The topological polar surface area (TPSA) is 18.5 Å². The van der Waals surface area contributed by atoms with E-state index >= 15 is 0 Å². The molecule has 1 aromatic rings. The number of fused-ring (bicyclic) bond motifs is 2. The molecule has 0 radical (unpaired) electrons. The summed E-state index contributed by atoms with van der Waals surface area (Å²) in [6, 6.07) is 6.00. The SMILES string of the molecule is Cc1ccc2c(c1)OC1=C[C@@](C)(I)CC=C1O2. The van der Waals surface area contributed by atoms with Crippen LogP contribution in [0.25, 0.3) is 0 Å². The van der Waals surface area contributed by atoms with E-state index in [0.717, 1.165) is 29.4 Å². The molecule has 17 heavy (non-hydrogen) atoms. The molecule has 3 heteroatoms. The minimum Gasteiger partial charge on any atom is -0.450 e. The molecule has 1 aliphatic carbocycles. The van der Waals surface area contributed by atoms with E-state index in [9.17, 15) is 0 Å². The van der Waals surface area contributed by atoms with Crippen LogP contribution < -0.4 is 9.47 Å². The van der Waals surface area contributed by atoms with E-state index in [-0.39, 0.29) is 3.42 Å². The van der Waals surface area contributed by atoms with Crippen molar-refractivity contribution in [2.45, 2.75) is 23.7 Å². The lowest BCUT2D eigenvalue weighted by Crippen LogP contribution is -2.22. The maximum absolute atomic E-state index is 5.92. The van der Waals surface area contributed by atoms with E-state index in [1.807, 2.05) is 25.1 Å². The van der Waals surface area contributed by atoms with Crippen molar-refractivity contribution in [1.29, 1.82) is 0 Å². The van der Waals surface area contributed by atoms with Crippen LogP contribution in [0.3, 0.4) is 0 Å². The molecule has 1 atom stereocenters. The Kier molecular flexibility index (Phi) is 2.47. The van der Waals surface area contributed by atoms with E-state index in [4.69, 9.17) is 9.47 Å². The molecule has 0 unspecified atom stereocenters. The van der Waals surface area contributed by atoms with Crippen LogP contribution in [0.5, 0.6) is 11.5 Å². The second kappa shape index (κ2) is 3.77. The fourth-order valence-electron chi connectivity index (χ4n) is 1.98. The van der Waals surface area contributed by atoms with Crippen LogP contribution in [0.4, 0.5) is 0 Å². The van der Waals surface area contributed by atoms with Crippen molar-refractivity contribution in [3.63, 3.8) is 0 Å². The van der Waals surface area contributed by atoms with E-state index in [2.05, 4.69) is 41.7 Å². The van der Waals surface area contributed by atoms with Gasteiger partial charge in [0.2, 0.25) is 0 Å². The first-order valence-electron chi connectivity index (χ1n) is 5.62. The molecule has 3 rings (SSSR count). The van der Waals surface area contributed by atoms with Gasteiger partial charge in [0.25, 0.3) is 0 Å². The Bertz CT molecular complexity index is 541. The molecule has 1 heterocycles. The van der Waals surface area contributed by atoms with Gasteiger partial charge in [0.05, 0.1) is 0 Å². The van der Waals surface area contributed by atoms with Crippen molar-refractivity contribution in [2.24, 2.45) is 0 Å². The highest BCUT2D eigenvalue weighted by Gasteiger charge is 2.29. The maximum atomic E-state index is 5.92. The van der Waals surface area contributed by atoms with Crippen LogP contribution in [-0.4, -0.2) is 3.42 Å². The Balaban J connectivity index is 2.04.